The molecule has 1 atom stereocenters. The number of nitrogens with zero attached hydrogens (tertiary/aromatic N) is 1. The summed E-state index contributed by atoms with van der Waals surface area (Å²) in [7, 11) is 0. The summed E-state index contributed by atoms with van der Waals surface area (Å²) >= 11 is 1.66. The summed E-state index contributed by atoms with van der Waals surface area (Å²) in [6.45, 7) is 2.23. The van der Waals surface area contributed by atoms with Gasteiger partial charge in [-0.3, -0.25) is 0 Å². The standard InChI is InChI=1S/C14H18N2S/c1-2-3-9-13(12-7-5-4-6-8-12)16-14-15-10-11-17-14/h4-8,10-11,13H,2-3,9H2,1H3,(H,15,16). The number of anilines is 1. The van der Waals surface area contributed by atoms with E-state index in [9.17, 15) is 0 Å². The average Bonchev–Trinajstić information content (AvgIpc) is 2.88. The van der Waals surface area contributed by atoms with Gasteiger partial charge in [0.1, 0.15) is 0 Å². The van der Waals surface area contributed by atoms with Crippen molar-refractivity contribution in [3.63, 3.8) is 0 Å². The molecule has 17 heavy (non-hydrogen) atoms. The van der Waals surface area contributed by atoms with Crippen LogP contribution in [0.25, 0.3) is 0 Å². The van der Waals surface area contributed by atoms with E-state index in [0.717, 1.165) is 11.6 Å². The van der Waals surface area contributed by atoms with Crippen LogP contribution in [0, 0.1) is 0 Å². The fourth-order valence-corrected chi connectivity index (χ4v) is 2.44. The van der Waals surface area contributed by atoms with Crippen molar-refractivity contribution in [2.45, 2.75) is 32.2 Å². The number of hydrogen-bond acceptors (Lipinski definition) is 3. The lowest BCUT2D eigenvalue weighted by Crippen LogP contribution is -2.10. The molecule has 0 bridgehead atoms. The minimum atomic E-state index is 0.377. The number of aromatic nitrogens is 1. The second-order valence-electron chi connectivity index (χ2n) is 4.09. The first-order valence-corrected chi connectivity index (χ1v) is 6.99. The van der Waals surface area contributed by atoms with Crippen LogP contribution in [0.5, 0.6) is 0 Å². The average molecular weight is 246 g/mol. The van der Waals surface area contributed by atoms with E-state index in [-0.39, 0.29) is 0 Å². The fourth-order valence-electron chi connectivity index (χ4n) is 1.86. The summed E-state index contributed by atoms with van der Waals surface area (Å²) in [4.78, 5) is 4.30. The van der Waals surface area contributed by atoms with Gasteiger partial charge in [0.05, 0.1) is 6.04 Å². The number of benzene rings is 1. The van der Waals surface area contributed by atoms with E-state index in [1.165, 1.54) is 18.4 Å². The molecular weight excluding hydrogens is 228 g/mol. The molecule has 90 valence electrons. The summed E-state index contributed by atoms with van der Waals surface area (Å²) in [5.74, 6) is 0. The van der Waals surface area contributed by atoms with E-state index in [1.54, 1.807) is 11.3 Å². The molecular formula is C14H18N2S. The number of hydrogen-bond donors (Lipinski definition) is 1. The van der Waals surface area contributed by atoms with Crippen molar-refractivity contribution in [1.29, 1.82) is 0 Å². The van der Waals surface area contributed by atoms with Gasteiger partial charge in [0.2, 0.25) is 0 Å². The second-order valence-corrected chi connectivity index (χ2v) is 4.98. The first-order chi connectivity index (χ1) is 8.40. The third kappa shape index (κ3) is 3.56. The van der Waals surface area contributed by atoms with E-state index in [0.29, 0.717) is 6.04 Å². The van der Waals surface area contributed by atoms with Crippen LogP contribution in [0.15, 0.2) is 41.9 Å². The highest BCUT2D eigenvalue weighted by atomic mass is 32.1. The molecule has 0 amide bonds. The van der Waals surface area contributed by atoms with Gasteiger partial charge in [0, 0.05) is 11.6 Å². The van der Waals surface area contributed by atoms with Gasteiger partial charge in [0.15, 0.2) is 5.13 Å². The van der Waals surface area contributed by atoms with Crippen LogP contribution < -0.4 is 5.32 Å². The third-order valence-corrected chi connectivity index (χ3v) is 3.48. The molecule has 0 saturated carbocycles. The first kappa shape index (κ1) is 12.1. The van der Waals surface area contributed by atoms with Gasteiger partial charge < -0.3 is 5.32 Å². The Labute approximate surface area is 107 Å². The number of unbranched alkanes of at least 4 members (excludes halogenated alkanes) is 1. The van der Waals surface area contributed by atoms with Crippen LogP contribution in [0.4, 0.5) is 5.13 Å². The summed E-state index contributed by atoms with van der Waals surface area (Å²) < 4.78 is 0. The Morgan fingerprint density at radius 2 is 2.12 bits per heavy atom. The zero-order valence-electron chi connectivity index (χ0n) is 10.1. The predicted molar refractivity (Wildman–Crippen MR) is 74.4 cm³/mol. The summed E-state index contributed by atoms with van der Waals surface area (Å²) in [6.07, 6.45) is 5.45. The molecule has 2 rings (SSSR count). The Hall–Kier alpha value is -1.35. The van der Waals surface area contributed by atoms with E-state index in [2.05, 4.69) is 47.6 Å². The number of thiazole rings is 1. The SMILES string of the molecule is CCCCC(Nc1nccs1)c1ccccc1. The van der Waals surface area contributed by atoms with Crippen molar-refractivity contribution < 1.29 is 0 Å². The highest BCUT2D eigenvalue weighted by molar-refractivity contribution is 7.13. The minimum Gasteiger partial charge on any atom is -0.355 e. The second kappa shape index (κ2) is 6.40. The Balaban J connectivity index is 2.08. The molecule has 2 nitrogen and oxygen atoms in total. The van der Waals surface area contributed by atoms with Crippen LogP contribution in [-0.4, -0.2) is 4.98 Å². The molecule has 0 spiro atoms. The highest BCUT2D eigenvalue weighted by Crippen LogP contribution is 2.25. The Kier molecular flexibility index (Phi) is 4.56. The van der Waals surface area contributed by atoms with Gasteiger partial charge in [-0.05, 0) is 12.0 Å². The zero-order valence-corrected chi connectivity index (χ0v) is 10.9. The fraction of sp³-hybridized carbons (Fsp3) is 0.357. The largest absolute Gasteiger partial charge is 0.355 e. The highest BCUT2D eigenvalue weighted by Gasteiger charge is 2.11. The van der Waals surface area contributed by atoms with Crippen molar-refractivity contribution in [1.82, 2.24) is 4.98 Å². The molecule has 0 aliphatic carbocycles. The molecule has 1 aromatic heterocycles. The van der Waals surface area contributed by atoms with Gasteiger partial charge in [-0.15, -0.1) is 11.3 Å². The minimum absolute atomic E-state index is 0.377. The topological polar surface area (TPSA) is 24.9 Å². The van der Waals surface area contributed by atoms with Gasteiger partial charge in [-0.1, -0.05) is 50.1 Å². The maximum Gasteiger partial charge on any atom is 0.183 e. The summed E-state index contributed by atoms with van der Waals surface area (Å²) in [5.41, 5.74) is 1.34. The van der Waals surface area contributed by atoms with E-state index >= 15 is 0 Å². The monoisotopic (exact) mass is 246 g/mol. The van der Waals surface area contributed by atoms with Crippen LogP contribution >= 0.6 is 11.3 Å². The molecule has 0 fully saturated rings. The summed E-state index contributed by atoms with van der Waals surface area (Å²) in [6, 6.07) is 11.0. The third-order valence-electron chi connectivity index (χ3n) is 2.78. The Morgan fingerprint density at radius 1 is 1.29 bits per heavy atom. The van der Waals surface area contributed by atoms with Crippen LogP contribution in [0.1, 0.15) is 37.8 Å². The molecule has 1 unspecified atom stereocenters. The Bertz CT molecular complexity index is 411. The predicted octanol–water partition coefficient (Wildman–Crippen LogP) is 4.49. The number of nitrogens with one attached hydrogen (secondary N) is 1. The lowest BCUT2D eigenvalue weighted by molar-refractivity contribution is 0.634. The molecule has 0 radical (unpaired) electrons. The molecule has 1 N–H and O–H groups in total. The van der Waals surface area contributed by atoms with Crippen LogP contribution in [0.3, 0.4) is 0 Å². The maximum absolute atomic E-state index is 4.30. The van der Waals surface area contributed by atoms with Crippen molar-refractivity contribution in [3.05, 3.63) is 47.5 Å². The molecule has 0 aliphatic rings. The molecule has 0 saturated heterocycles. The van der Waals surface area contributed by atoms with Crippen molar-refractivity contribution in [2.75, 3.05) is 5.32 Å². The van der Waals surface area contributed by atoms with Gasteiger partial charge in [0.25, 0.3) is 0 Å². The summed E-state index contributed by atoms with van der Waals surface area (Å²) in [5, 5.41) is 6.53. The molecule has 1 aromatic carbocycles. The van der Waals surface area contributed by atoms with E-state index in [1.807, 2.05) is 11.6 Å². The van der Waals surface area contributed by atoms with Gasteiger partial charge >= 0.3 is 0 Å². The molecule has 2 aromatic rings. The van der Waals surface area contributed by atoms with Crippen molar-refractivity contribution in [2.24, 2.45) is 0 Å². The normalized spacial score (nSPS) is 12.3. The molecule has 3 heteroatoms. The Morgan fingerprint density at radius 3 is 2.76 bits per heavy atom. The van der Waals surface area contributed by atoms with Gasteiger partial charge in [-0.25, -0.2) is 4.98 Å². The zero-order chi connectivity index (χ0) is 11.9. The van der Waals surface area contributed by atoms with Crippen LogP contribution in [0.2, 0.25) is 0 Å². The van der Waals surface area contributed by atoms with Crippen molar-refractivity contribution >= 4 is 16.5 Å². The molecule has 1 heterocycles. The molecule has 0 aliphatic heterocycles. The maximum atomic E-state index is 4.30. The van der Waals surface area contributed by atoms with Crippen LogP contribution in [-0.2, 0) is 0 Å². The van der Waals surface area contributed by atoms with E-state index in [4.69, 9.17) is 0 Å². The quantitative estimate of drug-likeness (QED) is 0.812. The van der Waals surface area contributed by atoms with E-state index < -0.39 is 0 Å². The van der Waals surface area contributed by atoms with Gasteiger partial charge in [-0.2, -0.15) is 0 Å². The van der Waals surface area contributed by atoms with Crippen molar-refractivity contribution in [3.8, 4) is 0 Å². The lowest BCUT2D eigenvalue weighted by atomic mass is 10.0. The first-order valence-electron chi connectivity index (χ1n) is 6.11. The smallest absolute Gasteiger partial charge is 0.183 e. The lowest BCUT2D eigenvalue weighted by Gasteiger charge is -2.18. The number of rotatable bonds is 6.